The molecule has 24 heavy (non-hydrogen) atoms. The van der Waals surface area contributed by atoms with E-state index in [-0.39, 0.29) is 17.7 Å². The number of carbonyl (C=O) groups is 2. The van der Waals surface area contributed by atoms with Crippen LogP contribution in [-0.2, 0) is 14.3 Å². The minimum Gasteiger partial charge on any atom is -0.494 e. The number of hydrogen-bond donors (Lipinski definition) is 2. The molecule has 1 fully saturated rings. The zero-order valence-corrected chi connectivity index (χ0v) is 14.4. The Morgan fingerprint density at radius 1 is 1.29 bits per heavy atom. The summed E-state index contributed by atoms with van der Waals surface area (Å²) in [7, 11) is 1.54. The molecule has 1 aliphatic heterocycles. The summed E-state index contributed by atoms with van der Waals surface area (Å²) in [6.07, 6.45) is 3.74. The van der Waals surface area contributed by atoms with E-state index in [4.69, 9.17) is 9.47 Å². The molecule has 1 saturated heterocycles. The fraction of sp³-hybridized carbons (Fsp3) is 0.556. The maximum atomic E-state index is 12.2. The second kappa shape index (κ2) is 9.27. The van der Waals surface area contributed by atoms with Gasteiger partial charge in [-0.1, -0.05) is 6.92 Å². The maximum Gasteiger partial charge on any atom is 0.224 e. The Bertz CT molecular complexity index is 568. The van der Waals surface area contributed by atoms with Crippen LogP contribution in [0.5, 0.6) is 5.75 Å². The number of benzene rings is 1. The second-order valence-corrected chi connectivity index (χ2v) is 6.05. The van der Waals surface area contributed by atoms with Crippen molar-refractivity contribution in [3.8, 4) is 5.75 Å². The van der Waals surface area contributed by atoms with Crippen molar-refractivity contribution in [1.82, 2.24) is 0 Å². The van der Waals surface area contributed by atoms with Crippen LogP contribution in [0.25, 0.3) is 0 Å². The van der Waals surface area contributed by atoms with E-state index in [1.165, 1.54) is 7.11 Å². The smallest absolute Gasteiger partial charge is 0.224 e. The number of carbonyl (C=O) groups excluding carboxylic acids is 2. The molecule has 2 rings (SSSR count). The molecule has 0 radical (unpaired) electrons. The predicted octanol–water partition coefficient (Wildman–Crippen LogP) is 3.19. The van der Waals surface area contributed by atoms with Crippen LogP contribution in [0, 0.1) is 5.92 Å². The van der Waals surface area contributed by atoms with Gasteiger partial charge < -0.3 is 20.1 Å². The number of rotatable bonds is 7. The van der Waals surface area contributed by atoms with E-state index in [1.807, 2.05) is 6.92 Å². The monoisotopic (exact) mass is 334 g/mol. The van der Waals surface area contributed by atoms with Crippen molar-refractivity contribution < 1.29 is 19.1 Å². The van der Waals surface area contributed by atoms with Crippen LogP contribution in [0.2, 0.25) is 0 Å². The van der Waals surface area contributed by atoms with Crippen LogP contribution in [0.4, 0.5) is 11.4 Å². The minimum atomic E-state index is -0.0510. The third-order valence-electron chi connectivity index (χ3n) is 3.97. The summed E-state index contributed by atoms with van der Waals surface area (Å²) < 4.78 is 10.7. The lowest BCUT2D eigenvalue weighted by atomic mass is 9.98. The first kappa shape index (κ1) is 18.3. The molecule has 0 aliphatic carbocycles. The number of anilines is 2. The van der Waals surface area contributed by atoms with Gasteiger partial charge in [0, 0.05) is 37.8 Å². The zero-order chi connectivity index (χ0) is 17.4. The standard InChI is InChI=1S/C18H26N2O4/c1-3-5-17(21)20-15-8-7-14(11-16(15)23-2)19-18(22)10-13-6-4-9-24-12-13/h7-8,11,13H,3-6,9-10,12H2,1-2H3,(H,19,22)(H,20,21). The molecular formula is C18H26N2O4. The third kappa shape index (κ3) is 5.53. The quantitative estimate of drug-likeness (QED) is 0.803. The molecule has 0 spiro atoms. The van der Waals surface area contributed by atoms with Crippen molar-refractivity contribution in [3.63, 3.8) is 0 Å². The fourth-order valence-electron chi connectivity index (χ4n) is 2.75. The van der Waals surface area contributed by atoms with E-state index in [9.17, 15) is 9.59 Å². The van der Waals surface area contributed by atoms with E-state index in [1.54, 1.807) is 18.2 Å². The van der Waals surface area contributed by atoms with Crippen LogP contribution < -0.4 is 15.4 Å². The fourth-order valence-corrected chi connectivity index (χ4v) is 2.75. The van der Waals surface area contributed by atoms with Crippen LogP contribution >= 0.6 is 0 Å². The summed E-state index contributed by atoms with van der Waals surface area (Å²) in [6.45, 7) is 3.40. The van der Waals surface area contributed by atoms with Crippen LogP contribution in [0.1, 0.15) is 39.0 Å². The van der Waals surface area contributed by atoms with Gasteiger partial charge in [-0.15, -0.1) is 0 Å². The first-order chi connectivity index (χ1) is 11.6. The molecule has 1 heterocycles. The van der Waals surface area contributed by atoms with Gasteiger partial charge in [-0.2, -0.15) is 0 Å². The molecule has 6 heteroatoms. The molecule has 0 saturated carbocycles. The molecule has 1 aromatic rings. The summed E-state index contributed by atoms with van der Waals surface area (Å²) in [5.41, 5.74) is 1.26. The Balaban J connectivity index is 1.95. The highest BCUT2D eigenvalue weighted by Crippen LogP contribution is 2.28. The maximum absolute atomic E-state index is 12.2. The SMILES string of the molecule is CCCC(=O)Nc1ccc(NC(=O)CC2CCCOC2)cc1OC. The Labute approximate surface area is 142 Å². The molecular weight excluding hydrogens is 308 g/mol. The molecule has 1 atom stereocenters. The van der Waals surface area contributed by atoms with E-state index < -0.39 is 0 Å². The van der Waals surface area contributed by atoms with E-state index in [0.717, 1.165) is 25.9 Å². The molecule has 1 aliphatic rings. The van der Waals surface area contributed by atoms with Gasteiger partial charge in [0.05, 0.1) is 12.8 Å². The molecule has 1 aromatic carbocycles. The van der Waals surface area contributed by atoms with Gasteiger partial charge in [0.1, 0.15) is 5.75 Å². The predicted molar refractivity (Wildman–Crippen MR) is 93.3 cm³/mol. The van der Waals surface area contributed by atoms with E-state index >= 15 is 0 Å². The summed E-state index contributed by atoms with van der Waals surface area (Å²) in [6, 6.07) is 5.22. The van der Waals surface area contributed by atoms with Gasteiger partial charge in [0.15, 0.2) is 0 Å². The highest BCUT2D eigenvalue weighted by molar-refractivity contribution is 5.94. The van der Waals surface area contributed by atoms with Crippen molar-refractivity contribution in [1.29, 1.82) is 0 Å². The minimum absolute atomic E-state index is 0.0321. The summed E-state index contributed by atoms with van der Waals surface area (Å²) in [4.78, 5) is 23.9. The Morgan fingerprint density at radius 2 is 2.12 bits per heavy atom. The molecule has 6 nitrogen and oxygen atoms in total. The van der Waals surface area contributed by atoms with Gasteiger partial charge >= 0.3 is 0 Å². The molecule has 1 unspecified atom stereocenters. The lowest BCUT2D eigenvalue weighted by molar-refractivity contribution is -0.118. The Hall–Kier alpha value is -2.08. The highest BCUT2D eigenvalue weighted by Gasteiger charge is 2.18. The van der Waals surface area contributed by atoms with Crippen molar-refractivity contribution in [2.75, 3.05) is 31.0 Å². The second-order valence-electron chi connectivity index (χ2n) is 6.05. The number of ether oxygens (including phenoxy) is 2. The van der Waals surface area contributed by atoms with Gasteiger partial charge in [-0.3, -0.25) is 9.59 Å². The van der Waals surface area contributed by atoms with Gasteiger partial charge in [0.25, 0.3) is 0 Å². The largest absolute Gasteiger partial charge is 0.494 e. The van der Waals surface area contributed by atoms with Gasteiger partial charge in [-0.25, -0.2) is 0 Å². The number of nitrogens with one attached hydrogen (secondary N) is 2. The molecule has 0 aromatic heterocycles. The van der Waals surface area contributed by atoms with Crippen LogP contribution in [-0.4, -0.2) is 32.1 Å². The van der Waals surface area contributed by atoms with Gasteiger partial charge in [0.2, 0.25) is 11.8 Å². The van der Waals surface area contributed by atoms with Crippen molar-refractivity contribution in [2.24, 2.45) is 5.92 Å². The first-order valence-corrected chi connectivity index (χ1v) is 8.47. The number of amides is 2. The first-order valence-electron chi connectivity index (χ1n) is 8.47. The summed E-state index contributed by atoms with van der Waals surface area (Å²) in [5.74, 6) is 0.728. The molecule has 2 N–H and O–H groups in total. The summed E-state index contributed by atoms with van der Waals surface area (Å²) >= 11 is 0. The van der Waals surface area contributed by atoms with Crippen LogP contribution in [0.15, 0.2) is 18.2 Å². The Kier molecular flexibility index (Phi) is 7.06. The van der Waals surface area contributed by atoms with Crippen LogP contribution in [0.3, 0.4) is 0 Å². The normalized spacial score (nSPS) is 17.2. The molecule has 0 bridgehead atoms. The highest BCUT2D eigenvalue weighted by atomic mass is 16.5. The zero-order valence-electron chi connectivity index (χ0n) is 14.4. The van der Waals surface area contributed by atoms with Crippen molar-refractivity contribution in [2.45, 2.75) is 39.0 Å². The number of hydrogen-bond acceptors (Lipinski definition) is 4. The third-order valence-corrected chi connectivity index (χ3v) is 3.97. The molecule has 2 amide bonds. The van der Waals surface area contributed by atoms with Crippen molar-refractivity contribution in [3.05, 3.63) is 18.2 Å². The van der Waals surface area contributed by atoms with Gasteiger partial charge in [-0.05, 0) is 37.3 Å². The van der Waals surface area contributed by atoms with E-state index in [0.29, 0.717) is 36.6 Å². The lowest BCUT2D eigenvalue weighted by Crippen LogP contribution is -2.23. The average Bonchev–Trinajstić information content (AvgIpc) is 2.57. The van der Waals surface area contributed by atoms with E-state index in [2.05, 4.69) is 10.6 Å². The Morgan fingerprint density at radius 3 is 2.79 bits per heavy atom. The topological polar surface area (TPSA) is 76.7 Å². The van der Waals surface area contributed by atoms with Crippen molar-refractivity contribution >= 4 is 23.2 Å². The lowest BCUT2D eigenvalue weighted by Gasteiger charge is -2.21. The number of methoxy groups -OCH3 is 1. The molecule has 132 valence electrons. The summed E-state index contributed by atoms with van der Waals surface area (Å²) in [5, 5.41) is 5.70. The average molecular weight is 334 g/mol.